The van der Waals surface area contributed by atoms with Crippen LogP contribution in [-0.2, 0) is 9.53 Å². The van der Waals surface area contributed by atoms with Crippen LogP contribution < -0.4 is 0 Å². The standard InChI is InChI=1S/C24H48O5.C5H12O4/c1-2-3-4-5-6-7-8-9-10-11-12-13-14-15-16-17-23(28)29-19-18-24(20-25,21-26)22-27;6-1-5(2-7,3-8)4-9/h25-27H,2-22H2,1H3;6-9H,1-4H2. The molecule has 0 aromatic heterocycles. The quantitative estimate of drug-likeness (QED) is 0.0630. The molecule has 0 radical (unpaired) electrons. The fraction of sp³-hybridized carbons (Fsp3) is 0.966. The van der Waals surface area contributed by atoms with E-state index >= 15 is 0 Å². The van der Waals surface area contributed by atoms with E-state index in [4.69, 9.17) is 25.2 Å². The Morgan fingerprint density at radius 3 is 1.11 bits per heavy atom. The van der Waals surface area contributed by atoms with Crippen molar-refractivity contribution >= 4 is 5.97 Å². The minimum atomic E-state index is -1.11. The van der Waals surface area contributed by atoms with Gasteiger partial charge < -0.3 is 40.5 Å². The fourth-order valence-corrected chi connectivity index (χ4v) is 3.78. The van der Waals surface area contributed by atoms with Gasteiger partial charge in [0.05, 0.1) is 58.3 Å². The van der Waals surface area contributed by atoms with Crippen molar-refractivity contribution < 1.29 is 45.3 Å². The van der Waals surface area contributed by atoms with Crippen LogP contribution in [0.5, 0.6) is 0 Å². The number of hydrogen-bond acceptors (Lipinski definition) is 9. The van der Waals surface area contributed by atoms with Gasteiger partial charge in [-0.15, -0.1) is 0 Å². The molecule has 0 spiro atoms. The average Bonchev–Trinajstić information content (AvgIpc) is 2.95. The maximum absolute atomic E-state index is 11.7. The summed E-state index contributed by atoms with van der Waals surface area (Å²) < 4.78 is 5.15. The summed E-state index contributed by atoms with van der Waals surface area (Å²) >= 11 is 0. The highest BCUT2D eigenvalue weighted by molar-refractivity contribution is 5.69. The third kappa shape index (κ3) is 21.1. The zero-order chi connectivity index (χ0) is 29.0. The summed E-state index contributed by atoms with van der Waals surface area (Å²) in [5.41, 5.74) is -2.07. The Labute approximate surface area is 231 Å². The van der Waals surface area contributed by atoms with Gasteiger partial charge in [0.15, 0.2) is 0 Å². The summed E-state index contributed by atoms with van der Waals surface area (Å²) in [4.78, 5) is 11.7. The topological polar surface area (TPSA) is 168 Å². The van der Waals surface area contributed by atoms with Gasteiger partial charge in [-0.3, -0.25) is 4.79 Å². The minimum Gasteiger partial charge on any atom is -0.466 e. The molecule has 0 saturated heterocycles. The molecule has 0 fully saturated rings. The SMILES string of the molecule is CCCCCCCCCCCCCCCCCC(=O)OCCC(CO)(CO)CO.OCC(CO)(CO)CO. The molecule has 0 amide bonds. The molecule has 38 heavy (non-hydrogen) atoms. The molecular formula is C29H60O9. The van der Waals surface area contributed by atoms with E-state index < -0.39 is 37.3 Å². The van der Waals surface area contributed by atoms with Crippen molar-refractivity contribution in [2.45, 2.75) is 116 Å². The Morgan fingerprint density at radius 1 is 0.500 bits per heavy atom. The first-order chi connectivity index (χ1) is 18.4. The maximum Gasteiger partial charge on any atom is 0.305 e. The van der Waals surface area contributed by atoms with E-state index in [0.29, 0.717) is 6.42 Å². The monoisotopic (exact) mass is 552 g/mol. The second-order valence-electron chi connectivity index (χ2n) is 10.8. The normalized spacial score (nSPS) is 11.8. The molecule has 9 heteroatoms. The number of ether oxygens (including phenoxy) is 1. The largest absolute Gasteiger partial charge is 0.466 e. The maximum atomic E-state index is 11.7. The van der Waals surface area contributed by atoms with Crippen LogP contribution >= 0.6 is 0 Å². The molecule has 0 aliphatic heterocycles. The Morgan fingerprint density at radius 2 is 0.816 bits per heavy atom. The second kappa shape index (κ2) is 27.7. The molecule has 7 N–H and O–H groups in total. The van der Waals surface area contributed by atoms with Crippen LogP contribution in [-0.4, -0.2) is 94.6 Å². The van der Waals surface area contributed by atoms with Crippen LogP contribution in [0.25, 0.3) is 0 Å². The van der Waals surface area contributed by atoms with Gasteiger partial charge >= 0.3 is 5.97 Å². The first kappa shape index (κ1) is 39.3. The van der Waals surface area contributed by atoms with Crippen molar-refractivity contribution in [2.24, 2.45) is 10.8 Å². The second-order valence-corrected chi connectivity index (χ2v) is 10.8. The number of unbranched alkanes of at least 4 members (excludes halogenated alkanes) is 14. The molecule has 0 rings (SSSR count). The van der Waals surface area contributed by atoms with Gasteiger partial charge in [0.2, 0.25) is 0 Å². The highest BCUT2D eigenvalue weighted by Gasteiger charge is 2.28. The third-order valence-corrected chi connectivity index (χ3v) is 7.23. The first-order valence-corrected chi connectivity index (χ1v) is 14.8. The lowest BCUT2D eigenvalue weighted by Gasteiger charge is -2.26. The van der Waals surface area contributed by atoms with Crippen molar-refractivity contribution in [1.82, 2.24) is 0 Å². The number of hydrogen-bond donors (Lipinski definition) is 7. The summed E-state index contributed by atoms with van der Waals surface area (Å²) in [7, 11) is 0. The molecule has 0 saturated carbocycles. The predicted octanol–water partition coefficient (Wildman–Crippen LogP) is 3.09. The van der Waals surface area contributed by atoms with Crippen molar-refractivity contribution in [1.29, 1.82) is 0 Å². The Kier molecular flexibility index (Phi) is 28.7. The van der Waals surface area contributed by atoms with E-state index in [1.807, 2.05) is 0 Å². The predicted molar refractivity (Wildman–Crippen MR) is 150 cm³/mol. The van der Waals surface area contributed by atoms with Gasteiger partial charge in [0.25, 0.3) is 0 Å². The van der Waals surface area contributed by atoms with Crippen molar-refractivity contribution in [3.05, 3.63) is 0 Å². The van der Waals surface area contributed by atoms with Gasteiger partial charge in [0.1, 0.15) is 0 Å². The molecule has 9 nitrogen and oxygen atoms in total. The molecular weight excluding hydrogens is 492 g/mol. The van der Waals surface area contributed by atoms with Gasteiger partial charge in [-0.05, 0) is 12.8 Å². The molecule has 230 valence electrons. The number of aliphatic hydroxyl groups excluding tert-OH is 7. The van der Waals surface area contributed by atoms with Crippen molar-refractivity contribution in [3.63, 3.8) is 0 Å². The number of carbonyl (C=O) groups is 1. The first-order valence-electron chi connectivity index (χ1n) is 14.8. The van der Waals surface area contributed by atoms with E-state index in [1.54, 1.807) is 0 Å². The van der Waals surface area contributed by atoms with Crippen molar-refractivity contribution in [3.8, 4) is 0 Å². The Bertz CT molecular complexity index is 469. The van der Waals surface area contributed by atoms with E-state index in [2.05, 4.69) is 6.92 Å². The zero-order valence-corrected chi connectivity index (χ0v) is 24.1. The number of rotatable bonds is 26. The molecule has 0 aliphatic carbocycles. The summed E-state index contributed by atoms with van der Waals surface area (Å²) in [5, 5.41) is 61.7. The highest BCUT2D eigenvalue weighted by Crippen LogP contribution is 2.20. The van der Waals surface area contributed by atoms with Crippen molar-refractivity contribution in [2.75, 3.05) is 52.9 Å². The summed E-state index contributed by atoms with van der Waals surface area (Å²) in [5.74, 6) is -0.234. The minimum absolute atomic E-state index is 0.124. The van der Waals surface area contributed by atoms with Gasteiger partial charge in [-0.1, -0.05) is 96.8 Å². The summed E-state index contributed by atoms with van der Waals surface area (Å²) in [6, 6.07) is 0. The van der Waals surface area contributed by atoms with E-state index in [-0.39, 0.29) is 38.8 Å². The van der Waals surface area contributed by atoms with E-state index in [0.717, 1.165) is 12.8 Å². The van der Waals surface area contributed by atoms with Gasteiger partial charge in [-0.25, -0.2) is 0 Å². The van der Waals surface area contributed by atoms with Crippen LogP contribution in [0.4, 0.5) is 0 Å². The van der Waals surface area contributed by atoms with Gasteiger partial charge in [-0.2, -0.15) is 0 Å². The molecule has 0 bridgehead atoms. The smallest absolute Gasteiger partial charge is 0.305 e. The summed E-state index contributed by atoms with van der Waals surface area (Å²) in [6.45, 7) is -0.206. The molecule has 0 heterocycles. The lowest BCUT2D eigenvalue weighted by Crippen LogP contribution is -2.37. The van der Waals surface area contributed by atoms with E-state index in [9.17, 15) is 20.1 Å². The third-order valence-electron chi connectivity index (χ3n) is 7.23. The zero-order valence-electron chi connectivity index (χ0n) is 24.1. The van der Waals surface area contributed by atoms with Crippen LogP contribution in [0.2, 0.25) is 0 Å². The lowest BCUT2D eigenvalue weighted by atomic mass is 9.88. The van der Waals surface area contributed by atoms with Crippen LogP contribution in [0, 0.1) is 10.8 Å². The average molecular weight is 553 g/mol. The van der Waals surface area contributed by atoms with Crippen LogP contribution in [0.1, 0.15) is 116 Å². The summed E-state index contributed by atoms with van der Waals surface area (Å²) in [6.07, 6.45) is 20.1. The van der Waals surface area contributed by atoms with Crippen LogP contribution in [0.3, 0.4) is 0 Å². The fourth-order valence-electron chi connectivity index (χ4n) is 3.78. The number of esters is 1. The molecule has 0 aliphatic rings. The number of aliphatic hydroxyl groups is 7. The molecule has 0 aromatic rings. The lowest BCUT2D eigenvalue weighted by molar-refractivity contribution is -0.145. The van der Waals surface area contributed by atoms with Crippen LogP contribution in [0.15, 0.2) is 0 Å². The number of carbonyl (C=O) groups excluding carboxylic acids is 1. The highest BCUT2D eigenvalue weighted by atomic mass is 16.5. The molecule has 0 atom stereocenters. The Hall–Kier alpha value is -0.810. The van der Waals surface area contributed by atoms with E-state index in [1.165, 1.54) is 83.5 Å². The molecule has 0 unspecified atom stereocenters. The molecule has 0 aromatic carbocycles. The van der Waals surface area contributed by atoms with Gasteiger partial charge in [0, 0.05) is 11.8 Å². The Balaban J connectivity index is 0.